The van der Waals surface area contributed by atoms with Crippen LogP contribution in [0.3, 0.4) is 0 Å². The van der Waals surface area contributed by atoms with Gasteiger partial charge in [0.2, 0.25) is 0 Å². The highest BCUT2D eigenvalue weighted by Crippen LogP contribution is 2.25. The third-order valence-electron chi connectivity index (χ3n) is 3.13. The summed E-state index contributed by atoms with van der Waals surface area (Å²) >= 11 is 9.56. The van der Waals surface area contributed by atoms with Crippen molar-refractivity contribution in [2.75, 3.05) is 13.2 Å². The topological polar surface area (TPSA) is 21.3 Å². The lowest BCUT2D eigenvalue weighted by molar-refractivity contribution is 0.0207. The minimum Gasteiger partial charge on any atom is -0.374 e. The molecule has 4 heteroatoms. The van der Waals surface area contributed by atoms with Gasteiger partial charge in [0, 0.05) is 29.2 Å². The molecule has 0 aromatic heterocycles. The van der Waals surface area contributed by atoms with E-state index < -0.39 is 0 Å². The van der Waals surface area contributed by atoms with Crippen molar-refractivity contribution in [2.45, 2.75) is 31.9 Å². The van der Waals surface area contributed by atoms with Crippen LogP contribution in [0, 0.1) is 0 Å². The molecule has 0 spiro atoms. The van der Waals surface area contributed by atoms with E-state index in [0.717, 1.165) is 47.6 Å². The summed E-state index contributed by atoms with van der Waals surface area (Å²) in [5.41, 5.74) is 1.12. The van der Waals surface area contributed by atoms with Gasteiger partial charge in [0.1, 0.15) is 0 Å². The largest absolute Gasteiger partial charge is 0.374 e. The van der Waals surface area contributed by atoms with Crippen LogP contribution in [0.1, 0.15) is 25.3 Å². The first-order valence-corrected chi connectivity index (χ1v) is 7.05. The molecule has 1 unspecified atom stereocenters. The minimum atomic E-state index is 0.00183. The molecule has 1 aliphatic rings. The lowest BCUT2D eigenvalue weighted by Crippen LogP contribution is -2.36. The van der Waals surface area contributed by atoms with Crippen molar-refractivity contribution in [3.63, 3.8) is 0 Å². The fourth-order valence-electron chi connectivity index (χ4n) is 2.10. The number of nitrogens with one attached hydrogen (secondary N) is 1. The van der Waals surface area contributed by atoms with Crippen LogP contribution in [0.2, 0.25) is 5.02 Å². The first-order valence-electron chi connectivity index (χ1n) is 5.88. The van der Waals surface area contributed by atoms with Crippen molar-refractivity contribution in [3.8, 4) is 0 Å². The van der Waals surface area contributed by atoms with Crippen LogP contribution in [0.4, 0.5) is 0 Å². The quantitative estimate of drug-likeness (QED) is 0.912. The SMILES string of the molecule is CC1(CNCc2ccc(Br)cc2Cl)CCCO1. The Labute approximate surface area is 116 Å². The summed E-state index contributed by atoms with van der Waals surface area (Å²) in [6, 6.07) is 5.97. The third kappa shape index (κ3) is 3.68. The maximum Gasteiger partial charge on any atom is 0.0779 e. The number of halogens is 2. The van der Waals surface area contributed by atoms with E-state index in [1.165, 1.54) is 0 Å². The standard InChI is InChI=1S/C13H17BrClNO/c1-13(5-2-6-17-13)9-16-8-10-3-4-11(14)7-12(10)15/h3-4,7,16H,2,5-6,8-9H2,1H3. The Hall–Kier alpha value is -0.0900. The molecule has 0 radical (unpaired) electrons. The smallest absolute Gasteiger partial charge is 0.0779 e. The Balaban J connectivity index is 1.85. The summed E-state index contributed by atoms with van der Waals surface area (Å²) < 4.78 is 6.74. The normalized spacial score (nSPS) is 24.2. The molecule has 0 amide bonds. The van der Waals surface area contributed by atoms with E-state index >= 15 is 0 Å². The van der Waals surface area contributed by atoms with Crippen LogP contribution in [0.25, 0.3) is 0 Å². The zero-order valence-electron chi connectivity index (χ0n) is 9.93. The molecule has 17 heavy (non-hydrogen) atoms. The minimum absolute atomic E-state index is 0.00183. The van der Waals surface area contributed by atoms with Gasteiger partial charge in [-0.25, -0.2) is 0 Å². The Kier molecular flexibility index (Phi) is 4.47. The van der Waals surface area contributed by atoms with Gasteiger partial charge in [-0.2, -0.15) is 0 Å². The number of rotatable bonds is 4. The zero-order valence-corrected chi connectivity index (χ0v) is 12.3. The summed E-state index contributed by atoms with van der Waals surface area (Å²) in [6.45, 7) is 4.71. The van der Waals surface area contributed by atoms with Crippen molar-refractivity contribution in [1.29, 1.82) is 0 Å². The molecule has 1 heterocycles. The summed E-state index contributed by atoms with van der Waals surface area (Å²) in [6.07, 6.45) is 2.30. The number of hydrogen-bond donors (Lipinski definition) is 1. The number of ether oxygens (including phenoxy) is 1. The molecular formula is C13H17BrClNO. The summed E-state index contributed by atoms with van der Waals surface area (Å²) in [5, 5.41) is 4.22. The van der Waals surface area contributed by atoms with Crippen LogP contribution >= 0.6 is 27.5 Å². The van der Waals surface area contributed by atoms with Gasteiger partial charge in [-0.15, -0.1) is 0 Å². The monoisotopic (exact) mass is 317 g/mol. The number of hydrogen-bond acceptors (Lipinski definition) is 2. The Morgan fingerprint density at radius 2 is 2.35 bits per heavy atom. The molecule has 1 atom stereocenters. The van der Waals surface area contributed by atoms with E-state index in [4.69, 9.17) is 16.3 Å². The van der Waals surface area contributed by atoms with Gasteiger partial charge in [-0.3, -0.25) is 0 Å². The van der Waals surface area contributed by atoms with Gasteiger partial charge in [-0.1, -0.05) is 33.6 Å². The van der Waals surface area contributed by atoms with Crippen molar-refractivity contribution in [2.24, 2.45) is 0 Å². The molecule has 94 valence electrons. The molecule has 2 nitrogen and oxygen atoms in total. The second kappa shape index (κ2) is 5.70. The van der Waals surface area contributed by atoms with E-state index in [2.05, 4.69) is 28.2 Å². The maximum absolute atomic E-state index is 6.16. The summed E-state index contributed by atoms with van der Waals surface area (Å²) in [7, 11) is 0. The van der Waals surface area contributed by atoms with Gasteiger partial charge in [0.15, 0.2) is 0 Å². The molecular weight excluding hydrogens is 302 g/mol. The lowest BCUT2D eigenvalue weighted by atomic mass is 10.0. The molecule has 0 aliphatic carbocycles. The van der Waals surface area contributed by atoms with Crippen molar-refractivity contribution in [1.82, 2.24) is 5.32 Å². The Morgan fingerprint density at radius 1 is 1.53 bits per heavy atom. The van der Waals surface area contributed by atoms with Crippen molar-refractivity contribution < 1.29 is 4.74 Å². The average molecular weight is 319 g/mol. The fourth-order valence-corrected chi connectivity index (χ4v) is 2.84. The Morgan fingerprint density at radius 3 is 3.00 bits per heavy atom. The van der Waals surface area contributed by atoms with E-state index in [1.54, 1.807) is 0 Å². The van der Waals surface area contributed by atoms with Gasteiger partial charge < -0.3 is 10.1 Å². The lowest BCUT2D eigenvalue weighted by Gasteiger charge is -2.23. The predicted octanol–water partition coefficient (Wildman–Crippen LogP) is 3.76. The summed E-state index contributed by atoms with van der Waals surface area (Å²) in [4.78, 5) is 0. The second-order valence-corrected chi connectivity index (χ2v) is 6.06. The van der Waals surface area contributed by atoms with Gasteiger partial charge >= 0.3 is 0 Å². The van der Waals surface area contributed by atoms with Crippen LogP contribution in [0.5, 0.6) is 0 Å². The van der Waals surface area contributed by atoms with Crippen molar-refractivity contribution >= 4 is 27.5 Å². The van der Waals surface area contributed by atoms with Gasteiger partial charge in [-0.05, 0) is 37.5 Å². The second-order valence-electron chi connectivity index (χ2n) is 4.74. The van der Waals surface area contributed by atoms with Gasteiger partial charge in [0.25, 0.3) is 0 Å². The van der Waals surface area contributed by atoms with Crippen molar-refractivity contribution in [3.05, 3.63) is 33.3 Å². The summed E-state index contributed by atoms with van der Waals surface area (Å²) in [5.74, 6) is 0. The van der Waals surface area contributed by atoms with Crippen LogP contribution in [-0.4, -0.2) is 18.8 Å². The molecule has 1 aliphatic heterocycles. The van der Waals surface area contributed by atoms with Crippen LogP contribution in [0.15, 0.2) is 22.7 Å². The zero-order chi connectivity index (χ0) is 12.3. The highest BCUT2D eigenvalue weighted by atomic mass is 79.9. The average Bonchev–Trinajstić information content (AvgIpc) is 2.69. The molecule has 1 aromatic rings. The third-order valence-corrected chi connectivity index (χ3v) is 3.98. The molecule has 2 rings (SSSR count). The molecule has 1 aromatic carbocycles. The first-order chi connectivity index (χ1) is 8.09. The molecule has 0 bridgehead atoms. The van der Waals surface area contributed by atoms with E-state index in [-0.39, 0.29) is 5.60 Å². The maximum atomic E-state index is 6.16. The molecule has 1 saturated heterocycles. The predicted molar refractivity (Wildman–Crippen MR) is 74.4 cm³/mol. The molecule has 1 N–H and O–H groups in total. The van der Waals surface area contributed by atoms with Crippen LogP contribution < -0.4 is 5.32 Å². The first kappa shape index (κ1) is 13.3. The van der Waals surface area contributed by atoms with Gasteiger partial charge in [0.05, 0.1) is 5.60 Å². The highest BCUT2D eigenvalue weighted by molar-refractivity contribution is 9.10. The van der Waals surface area contributed by atoms with E-state index in [9.17, 15) is 0 Å². The fraction of sp³-hybridized carbons (Fsp3) is 0.538. The van der Waals surface area contributed by atoms with E-state index in [1.807, 2.05) is 18.2 Å². The highest BCUT2D eigenvalue weighted by Gasteiger charge is 2.28. The number of benzene rings is 1. The van der Waals surface area contributed by atoms with Crippen LogP contribution in [-0.2, 0) is 11.3 Å². The molecule has 0 saturated carbocycles. The Bertz CT molecular complexity index is 391. The van der Waals surface area contributed by atoms with E-state index in [0.29, 0.717) is 0 Å². The molecule has 1 fully saturated rings.